The summed E-state index contributed by atoms with van der Waals surface area (Å²) in [5.41, 5.74) is 6.36. The highest BCUT2D eigenvalue weighted by Crippen LogP contribution is 2.33. The van der Waals surface area contributed by atoms with E-state index in [0.717, 1.165) is 0 Å². The van der Waals surface area contributed by atoms with Crippen molar-refractivity contribution in [3.63, 3.8) is 0 Å². The van der Waals surface area contributed by atoms with Crippen molar-refractivity contribution >= 4 is 5.91 Å². The molecule has 0 aliphatic rings. The molecular formula is C18H20FN3O2. The number of rotatable bonds is 7. The van der Waals surface area contributed by atoms with Crippen molar-refractivity contribution in [2.45, 2.75) is 38.5 Å². The summed E-state index contributed by atoms with van der Waals surface area (Å²) in [6.07, 6.45) is 2.72. The highest BCUT2D eigenvalue weighted by molar-refractivity contribution is 5.76. The lowest BCUT2D eigenvalue weighted by atomic mass is 9.78. The monoisotopic (exact) mass is 329 g/mol. The first kappa shape index (κ1) is 17.7. The number of nitriles is 1. The van der Waals surface area contributed by atoms with E-state index >= 15 is 0 Å². The molecule has 0 saturated carbocycles. The van der Waals surface area contributed by atoms with Crippen LogP contribution in [0.4, 0.5) is 4.39 Å². The maximum absolute atomic E-state index is 13.0. The molecule has 0 spiro atoms. The second-order valence-electron chi connectivity index (χ2n) is 6.43. The van der Waals surface area contributed by atoms with Crippen LogP contribution in [0.15, 0.2) is 34.9 Å². The molecule has 2 rings (SSSR count). The van der Waals surface area contributed by atoms with E-state index in [1.54, 1.807) is 18.4 Å². The largest absolute Gasteiger partial charge is 0.444 e. The molecule has 0 saturated heterocycles. The standard InChI is InChI=1S/C18H20FN3O2/c1-18(2,10-13(16(21)23)4-3-9-20)15-11-24-17(22-15)12-5-7-14(19)8-6-12/h5-8,11,13H,3-4,10H2,1-2H3,(H2,21,23). The van der Waals surface area contributed by atoms with E-state index in [1.165, 1.54) is 12.1 Å². The number of hydrogen-bond acceptors (Lipinski definition) is 4. The number of nitrogens with two attached hydrogens (primary N) is 1. The fourth-order valence-electron chi connectivity index (χ4n) is 2.61. The van der Waals surface area contributed by atoms with Crippen LogP contribution in [0.5, 0.6) is 0 Å². The van der Waals surface area contributed by atoms with Crippen LogP contribution in [-0.2, 0) is 10.2 Å². The number of halogens is 1. The van der Waals surface area contributed by atoms with Gasteiger partial charge in [-0.05, 0) is 37.1 Å². The molecule has 1 aromatic heterocycles. The number of aromatic nitrogens is 1. The van der Waals surface area contributed by atoms with Gasteiger partial charge in [-0.3, -0.25) is 4.79 Å². The van der Waals surface area contributed by atoms with E-state index in [0.29, 0.717) is 30.0 Å². The molecule has 1 heterocycles. The van der Waals surface area contributed by atoms with E-state index in [4.69, 9.17) is 15.4 Å². The van der Waals surface area contributed by atoms with Gasteiger partial charge in [0.05, 0.1) is 11.8 Å². The van der Waals surface area contributed by atoms with Crippen LogP contribution >= 0.6 is 0 Å². The Bertz CT molecular complexity index is 744. The summed E-state index contributed by atoms with van der Waals surface area (Å²) in [6, 6.07) is 7.91. The van der Waals surface area contributed by atoms with E-state index < -0.39 is 17.2 Å². The summed E-state index contributed by atoms with van der Waals surface area (Å²) in [7, 11) is 0. The molecule has 0 aliphatic carbocycles. The van der Waals surface area contributed by atoms with Crippen LogP contribution in [0.1, 0.15) is 38.8 Å². The molecule has 1 aromatic carbocycles. The lowest BCUT2D eigenvalue weighted by Gasteiger charge is -2.26. The molecule has 24 heavy (non-hydrogen) atoms. The minimum absolute atomic E-state index is 0.281. The van der Waals surface area contributed by atoms with Gasteiger partial charge >= 0.3 is 0 Å². The Balaban J connectivity index is 2.18. The zero-order chi connectivity index (χ0) is 17.7. The van der Waals surface area contributed by atoms with Crippen LogP contribution in [0.25, 0.3) is 11.5 Å². The van der Waals surface area contributed by atoms with Crippen molar-refractivity contribution < 1.29 is 13.6 Å². The fourth-order valence-corrected chi connectivity index (χ4v) is 2.61. The van der Waals surface area contributed by atoms with Crippen LogP contribution in [0.2, 0.25) is 0 Å². The van der Waals surface area contributed by atoms with Gasteiger partial charge in [-0.1, -0.05) is 13.8 Å². The van der Waals surface area contributed by atoms with Crippen LogP contribution in [-0.4, -0.2) is 10.9 Å². The Hall–Kier alpha value is -2.68. The summed E-state index contributed by atoms with van der Waals surface area (Å²) >= 11 is 0. The van der Waals surface area contributed by atoms with E-state index in [-0.39, 0.29) is 12.2 Å². The van der Waals surface area contributed by atoms with Crippen molar-refractivity contribution in [1.29, 1.82) is 5.26 Å². The molecule has 0 fully saturated rings. The predicted octanol–water partition coefficient (Wildman–Crippen LogP) is 3.55. The first-order chi connectivity index (χ1) is 11.3. The number of hydrogen-bond donors (Lipinski definition) is 1. The Morgan fingerprint density at radius 1 is 1.42 bits per heavy atom. The molecule has 126 valence electrons. The minimum Gasteiger partial charge on any atom is -0.444 e. The fraction of sp³-hybridized carbons (Fsp3) is 0.389. The molecule has 2 aromatic rings. The molecule has 5 nitrogen and oxygen atoms in total. The zero-order valence-electron chi connectivity index (χ0n) is 13.8. The minimum atomic E-state index is -0.447. The van der Waals surface area contributed by atoms with Gasteiger partial charge in [0, 0.05) is 23.3 Å². The van der Waals surface area contributed by atoms with Gasteiger partial charge in [0.25, 0.3) is 0 Å². The highest BCUT2D eigenvalue weighted by Gasteiger charge is 2.31. The topological polar surface area (TPSA) is 92.9 Å². The van der Waals surface area contributed by atoms with Gasteiger partial charge in [-0.2, -0.15) is 5.26 Å². The summed E-state index contributed by atoms with van der Waals surface area (Å²) in [6.45, 7) is 3.89. The number of benzene rings is 1. The number of oxazole rings is 1. The van der Waals surface area contributed by atoms with E-state index in [9.17, 15) is 9.18 Å². The number of carbonyl (C=O) groups is 1. The molecule has 1 atom stereocenters. The lowest BCUT2D eigenvalue weighted by molar-refractivity contribution is -0.122. The first-order valence-corrected chi connectivity index (χ1v) is 7.71. The van der Waals surface area contributed by atoms with Crippen LogP contribution in [0, 0.1) is 23.1 Å². The average molecular weight is 329 g/mol. The zero-order valence-corrected chi connectivity index (χ0v) is 13.8. The van der Waals surface area contributed by atoms with Crippen molar-refractivity contribution in [1.82, 2.24) is 4.98 Å². The maximum Gasteiger partial charge on any atom is 0.226 e. The van der Waals surface area contributed by atoms with Crippen molar-refractivity contribution in [2.24, 2.45) is 11.7 Å². The molecule has 0 bridgehead atoms. The van der Waals surface area contributed by atoms with Crippen LogP contribution < -0.4 is 5.73 Å². The summed E-state index contributed by atoms with van der Waals surface area (Å²) in [4.78, 5) is 16.1. The lowest BCUT2D eigenvalue weighted by Crippen LogP contribution is -2.30. The first-order valence-electron chi connectivity index (χ1n) is 7.71. The Morgan fingerprint density at radius 3 is 2.67 bits per heavy atom. The smallest absolute Gasteiger partial charge is 0.226 e. The van der Waals surface area contributed by atoms with Crippen molar-refractivity contribution in [3.8, 4) is 17.5 Å². The molecule has 0 radical (unpaired) electrons. The second-order valence-corrected chi connectivity index (χ2v) is 6.43. The van der Waals surface area contributed by atoms with Gasteiger partial charge in [-0.25, -0.2) is 9.37 Å². The summed E-state index contributed by atoms with van der Waals surface area (Å²) in [5, 5.41) is 8.71. The molecule has 6 heteroatoms. The Morgan fingerprint density at radius 2 is 2.08 bits per heavy atom. The van der Waals surface area contributed by atoms with Crippen molar-refractivity contribution in [2.75, 3.05) is 0 Å². The van der Waals surface area contributed by atoms with Gasteiger partial charge < -0.3 is 10.2 Å². The predicted molar refractivity (Wildman–Crippen MR) is 87.1 cm³/mol. The third kappa shape index (κ3) is 4.19. The molecular weight excluding hydrogens is 309 g/mol. The molecule has 1 amide bonds. The van der Waals surface area contributed by atoms with Gasteiger partial charge in [0.1, 0.15) is 12.1 Å². The maximum atomic E-state index is 13.0. The third-order valence-electron chi connectivity index (χ3n) is 4.05. The quantitative estimate of drug-likeness (QED) is 0.840. The summed E-state index contributed by atoms with van der Waals surface area (Å²) < 4.78 is 18.5. The number of nitrogens with zero attached hydrogens (tertiary/aromatic N) is 2. The number of primary amides is 1. The third-order valence-corrected chi connectivity index (χ3v) is 4.05. The van der Waals surface area contributed by atoms with Gasteiger partial charge in [0.15, 0.2) is 0 Å². The molecule has 0 aliphatic heterocycles. The van der Waals surface area contributed by atoms with Crippen LogP contribution in [0.3, 0.4) is 0 Å². The van der Waals surface area contributed by atoms with E-state index in [1.807, 2.05) is 19.9 Å². The number of amides is 1. The highest BCUT2D eigenvalue weighted by atomic mass is 19.1. The number of carbonyl (C=O) groups excluding carboxylic acids is 1. The van der Waals surface area contributed by atoms with Gasteiger partial charge in [0.2, 0.25) is 11.8 Å². The second kappa shape index (κ2) is 7.26. The van der Waals surface area contributed by atoms with Crippen molar-refractivity contribution in [3.05, 3.63) is 42.0 Å². The Labute approximate surface area is 140 Å². The SMILES string of the molecule is CC(C)(CC(CCC#N)C(N)=O)c1coc(-c2ccc(F)cc2)n1. The molecule has 2 N–H and O–H groups in total. The Kier molecular flexibility index (Phi) is 5.35. The average Bonchev–Trinajstić information content (AvgIpc) is 3.02. The molecule has 1 unspecified atom stereocenters. The van der Waals surface area contributed by atoms with E-state index in [2.05, 4.69) is 4.98 Å². The normalized spacial score (nSPS) is 12.6. The summed E-state index contributed by atoms with van der Waals surface area (Å²) in [5.74, 6) is -0.746. The van der Waals surface area contributed by atoms with Gasteiger partial charge in [-0.15, -0.1) is 0 Å².